The van der Waals surface area contributed by atoms with E-state index >= 15 is 0 Å². The molecule has 2 aromatic rings. The molecule has 0 aliphatic rings. The SMILES string of the molecule is C[Si](C)(C)CCOCn1nnc2c(C(N)=O)ncn2c1=O. The van der Waals surface area contributed by atoms with Gasteiger partial charge in [-0.1, -0.05) is 24.9 Å². The van der Waals surface area contributed by atoms with Gasteiger partial charge in [0.1, 0.15) is 13.1 Å². The molecule has 0 atom stereocenters. The van der Waals surface area contributed by atoms with Crippen molar-refractivity contribution in [1.29, 1.82) is 0 Å². The maximum Gasteiger partial charge on any atom is 0.355 e. The summed E-state index contributed by atoms with van der Waals surface area (Å²) in [5.74, 6) is -0.754. The quantitative estimate of drug-likeness (QED) is 0.578. The summed E-state index contributed by atoms with van der Waals surface area (Å²) in [7, 11) is -1.18. The zero-order chi connectivity index (χ0) is 15.6. The molecule has 0 saturated heterocycles. The molecule has 2 aromatic heterocycles. The van der Waals surface area contributed by atoms with Crippen LogP contribution in [0.15, 0.2) is 11.1 Å². The van der Waals surface area contributed by atoms with Crippen molar-refractivity contribution < 1.29 is 9.53 Å². The Kier molecular flexibility index (Phi) is 4.18. The summed E-state index contributed by atoms with van der Waals surface area (Å²) >= 11 is 0. The third kappa shape index (κ3) is 3.52. The van der Waals surface area contributed by atoms with Crippen molar-refractivity contribution in [2.75, 3.05) is 6.61 Å². The van der Waals surface area contributed by atoms with Crippen LogP contribution >= 0.6 is 0 Å². The Morgan fingerprint density at radius 2 is 2.14 bits per heavy atom. The summed E-state index contributed by atoms with van der Waals surface area (Å²) in [6.45, 7) is 7.30. The minimum Gasteiger partial charge on any atom is -0.364 e. The average Bonchev–Trinajstić information content (AvgIpc) is 2.80. The number of rotatable bonds is 6. The average molecular weight is 310 g/mol. The van der Waals surface area contributed by atoms with Gasteiger partial charge in [0.05, 0.1) is 0 Å². The van der Waals surface area contributed by atoms with Crippen molar-refractivity contribution in [2.45, 2.75) is 32.4 Å². The van der Waals surface area contributed by atoms with Crippen LogP contribution in [0.5, 0.6) is 0 Å². The Bertz CT molecular complexity index is 717. The number of nitrogens with two attached hydrogens (primary N) is 1. The highest BCUT2D eigenvalue weighted by Gasteiger charge is 2.15. The van der Waals surface area contributed by atoms with E-state index in [9.17, 15) is 9.59 Å². The highest BCUT2D eigenvalue weighted by Crippen LogP contribution is 2.07. The van der Waals surface area contributed by atoms with E-state index in [0.717, 1.165) is 15.1 Å². The Balaban J connectivity index is 2.14. The molecule has 9 nitrogen and oxygen atoms in total. The van der Waals surface area contributed by atoms with Crippen LogP contribution in [0.4, 0.5) is 0 Å². The third-order valence-electron chi connectivity index (χ3n) is 2.86. The van der Waals surface area contributed by atoms with Gasteiger partial charge >= 0.3 is 5.69 Å². The topological polar surface area (TPSA) is 117 Å². The Morgan fingerprint density at radius 3 is 2.76 bits per heavy atom. The fraction of sp³-hybridized carbons (Fsp3) is 0.545. The lowest BCUT2D eigenvalue weighted by atomic mass is 10.4. The molecule has 0 radical (unpaired) electrons. The molecular formula is C11H18N6O3Si. The number of hydrogen-bond donors (Lipinski definition) is 1. The van der Waals surface area contributed by atoms with Crippen molar-refractivity contribution in [1.82, 2.24) is 24.4 Å². The number of aromatic nitrogens is 5. The van der Waals surface area contributed by atoms with Crippen LogP contribution in [0, 0.1) is 0 Å². The van der Waals surface area contributed by atoms with Crippen LogP contribution in [-0.2, 0) is 11.5 Å². The maximum atomic E-state index is 12.1. The minimum absolute atomic E-state index is 0.0103. The van der Waals surface area contributed by atoms with Crippen LogP contribution in [0.1, 0.15) is 10.5 Å². The summed E-state index contributed by atoms with van der Waals surface area (Å²) in [5.41, 5.74) is 4.63. The number of carbonyl (C=O) groups excluding carboxylic acids is 1. The van der Waals surface area contributed by atoms with Crippen LogP contribution < -0.4 is 11.4 Å². The third-order valence-corrected chi connectivity index (χ3v) is 4.56. The molecule has 0 unspecified atom stereocenters. The van der Waals surface area contributed by atoms with Crippen molar-refractivity contribution in [3.05, 3.63) is 22.5 Å². The molecule has 2 N–H and O–H groups in total. The number of imidazole rings is 1. The summed E-state index contributed by atoms with van der Waals surface area (Å²) in [4.78, 5) is 27.0. The van der Waals surface area contributed by atoms with Gasteiger partial charge in [-0.15, -0.1) is 5.10 Å². The first kappa shape index (κ1) is 15.3. The van der Waals surface area contributed by atoms with Crippen LogP contribution in [-0.4, -0.2) is 45.0 Å². The van der Waals surface area contributed by atoms with Gasteiger partial charge in [0.15, 0.2) is 11.3 Å². The molecule has 114 valence electrons. The van der Waals surface area contributed by atoms with Gasteiger partial charge < -0.3 is 10.5 Å². The van der Waals surface area contributed by atoms with E-state index in [4.69, 9.17) is 10.5 Å². The zero-order valence-electron chi connectivity index (χ0n) is 12.2. The number of carbonyl (C=O) groups is 1. The van der Waals surface area contributed by atoms with E-state index in [1.54, 1.807) is 0 Å². The molecule has 2 rings (SSSR count). The van der Waals surface area contributed by atoms with Gasteiger partial charge in [0, 0.05) is 14.7 Å². The number of primary amides is 1. The number of hydrogen-bond acceptors (Lipinski definition) is 6. The van der Waals surface area contributed by atoms with Crippen LogP contribution in [0.3, 0.4) is 0 Å². The lowest BCUT2D eigenvalue weighted by molar-refractivity contribution is 0.0712. The molecule has 21 heavy (non-hydrogen) atoms. The first-order valence-corrected chi connectivity index (χ1v) is 10.2. The summed E-state index contributed by atoms with van der Waals surface area (Å²) in [5, 5.41) is 7.52. The van der Waals surface area contributed by atoms with Gasteiger partial charge in [0.25, 0.3) is 5.91 Å². The second-order valence-corrected chi connectivity index (χ2v) is 11.5. The fourth-order valence-corrected chi connectivity index (χ4v) is 2.38. The van der Waals surface area contributed by atoms with Crippen LogP contribution in [0.25, 0.3) is 5.65 Å². The Morgan fingerprint density at radius 1 is 1.43 bits per heavy atom. The van der Waals surface area contributed by atoms with Crippen molar-refractivity contribution in [3.8, 4) is 0 Å². The predicted molar refractivity (Wildman–Crippen MR) is 77.7 cm³/mol. The first-order chi connectivity index (χ1) is 9.79. The number of ether oxygens (including phenoxy) is 1. The second kappa shape index (κ2) is 5.74. The number of amides is 1. The molecule has 0 saturated carbocycles. The molecule has 0 aliphatic heterocycles. The van der Waals surface area contributed by atoms with Crippen molar-refractivity contribution in [2.24, 2.45) is 5.73 Å². The van der Waals surface area contributed by atoms with E-state index in [1.807, 2.05) is 0 Å². The molecule has 1 amide bonds. The van der Waals surface area contributed by atoms with Gasteiger partial charge in [-0.2, -0.15) is 4.68 Å². The van der Waals surface area contributed by atoms with E-state index in [2.05, 4.69) is 34.9 Å². The maximum absolute atomic E-state index is 12.1. The van der Waals surface area contributed by atoms with Crippen molar-refractivity contribution in [3.63, 3.8) is 0 Å². The predicted octanol–water partition coefficient (Wildman–Crippen LogP) is -0.303. The Labute approximate surface area is 121 Å². The van der Waals surface area contributed by atoms with E-state index < -0.39 is 19.7 Å². The molecule has 0 aromatic carbocycles. The zero-order valence-corrected chi connectivity index (χ0v) is 13.2. The smallest absolute Gasteiger partial charge is 0.355 e. The second-order valence-electron chi connectivity index (χ2n) is 5.87. The van der Waals surface area contributed by atoms with Gasteiger partial charge in [-0.3, -0.25) is 4.79 Å². The van der Waals surface area contributed by atoms with Gasteiger partial charge in [0.2, 0.25) is 0 Å². The highest BCUT2D eigenvalue weighted by molar-refractivity contribution is 6.76. The first-order valence-electron chi connectivity index (χ1n) is 6.48. The lowest BCUT2D eigenvalue weighted by Crippen LogP contribution is -2.31. The van der Waals surface area contributed by atoms with E-state index in [1.165, 1.54) is 6.33 Å². The molecule has 0 bridgehead atoms. The minimum atomic E-state index is -1.18. The largest absolute Gasteiger partial charge is 0.364 e. The van der Waals surface area contributed by atoms with Crippen molar-refractivity contribution >= 4 is 19.6 Å². The number of nitrogens with zero attached hydrogens (tertiary/aromatic N) is 5. The Hall–Kier alpha value is -2.07. The molecule has 0 aliphatic carbocycles. The molecular weight excluding hydrogens is 292 g/mol. The van der Waals surface area contributed by atoms with Crippen LogP contribution in [0.2, 0.25) is 25.7 Å². The van der Waals surface area contributed by atoms with Gasteiger partial charge in [-0.05, 0) is 6.04 Å². The fourth-order valence-electron chi connectivity index (χ4n) is 1.62. The molecule has 2 heterocycles. The lowest BCUT2D eigenvalue weighted by Gasteiger charge is -2.15. The van der Waals surface area contributed by atoms with Gasteiger partial charge in [-0.25, -0.2) is 14.2 Å². The monoisotopic (exact) mass is 310 g/mol. The summed E-state index contributed by atoms with van der Waals surface area (Å²) in [6.07, 6.45) is 1.20. The normalized spacial score (nSPS) is 12.0. The highest BCUT2D eigenvalue weighted by atomic mass is 28.3. The molecule has 10 heteroatoms. The summed E-state index contributed by atoms with van der Waals surface area (Å²) in [6, 6.07) is 0.994. The van der Waals surface area contributed by atoms with E-state index in [0.29, 0.717) is 6.61 Å². The number of fused-ring (bicyclic) bond motifs is 1. The molecule has 0 spiro atoms. The summed E-state index contributed by atoms with van der Waals surface area (Å²) < 4.78 is 7.64. The standard InChI is InChI=1S/C11H18N6O3Si/c1-21(2,3)5-4-20-7-17-11(19)16-6-13-8(9(12)18)10(16)14-15-17/h6H,4-5,7H2,1-3H3,(H2,12,18). The molecule has 0 fully saturated rings. The van der Waals surface area contributed by atoms with E-state index in [-0.39, 0.29) is 18.1 Å².